The van der Waals surface area contributed by atoms with Crippen molar-refractivity contribution in [2.75, 3.05) is 12.3 Å². The molecule has 0 atom stereocenters. The molecule has 0 fully saturated rings. The number of hydrogen-bond acceptors (Lipinski definition) is 3. The molecule has 0 radical (unpaired) electrons. The van der Waals surface area contributed by atoms with E-state index in [1.54, 1.807) is 24.4 Å². The Morgan fingerprint density at radius 3 is 2.88 bits per heavy atom. The largest absolute Gasteiger partial charge is 0.492 e. The van der Waals surface area contributed by atoms with Crippen LogP contribution in [0.1, 0.15) is 5.69 Å². The Hall–Kier alpha value is -1.74. The van der Waals surface area contributed by atoms with Crippen molar-refractivity contribution >= 4 is 17.3 Å². The van der Waals surface area contributed by atoms with E-state index in [4.69, 9.17) is 22.1 Å². The highest BCUT2D eigenvalue weighted by Gasteiger charge is 2.02. The molecule has 0 amide bonds. The Balaban J connectivity index is 1.92. The Bertz CT molecular complexity index is 488. The summed E-state index contributed by atoms with van der Waals surface area (Å²) in [5.74, 6) is 0.614. The number of rotatable bonds is 4. The van der Waals surface area contributed by atoms with E-state index in [-0.39, 0.29) is 0 Å². The predicted molar refractivity (Wildman–Crippen MR) is 69.3 cm³/mol. The number of hydrogen-bond donors (Lipinski definition) is 1. The number of nitrogens with zero attached hydrogens (tertiary/aromatic N) is 1. The Labute approximate surface area is 105 Å². The maximum absolute atomic E-state index is 5.98. The van der Waals surface area contributed by atoms with E-state index in [1.165, 1.54) is 0 Å². The van der Waals surface area contributed by atoms with Crippen molar-refractivity contribution in [3.8, 4) is 5.75 Å². The van der Waals surface area contributed by atoms with Crippen LogP contribution in [0.4, 0.5) is 5.69 Å². The highest BCUT2D eigenvalue weighted by atomic mass is 35.5. The van der Waals surface area contributed by atoms with Crippen LogP contribution in [-0.4, -0.2) is 11.6 Å². The Kier molecular flexibility index (Phi) is 3.83. The predicted octanol–water partition coefficient (Wildman–Crippen LogP) is 2.94. The lowest BCUT2D eigenvalue weighted by molar-refractivity contribution is 0.321. The number of ether oxygens (including phenoxy) is 1. The van der Waals surface area contributed by atoms with Gasteiger partial charge >= 0.3 is 0 Å². The van der Waals surface area contributed by atoms with Crippen molar-refractivity contribution in [2.45, 2.75) is 6.42 Å². The van der Waals surface area contributed by atoms with Gasteiger partial charge in [-0.3, -0.25) is 4.98 Å². The van der Waals surface area contributed by atoms with Crippen molar-refractivity contribution < 1.29 is 4.74 Å². The highest BCUT2D eigenvalue weighted by molar-refractivity contribution is 6.32. The maximum Gasteiger partial charge on any atom is 0.139 e. The van der Waals surface area contributed by atoms with Gasteiger partial charge in [-0.15, -0.1) is 0 Å². The molecule has 1 aromatic heterocycles. The second kappa shape index (κ2) is 5.55. The van der Waals surface area contributed by atoms with Crippen LogP contribution in [-0.2, 0) is 6.42 Å². The lowest BCUT2D eigenvalue weighted by Gasteiger charge is -2.08. The molecule has 0 aliphatic carbocycles. The number of pyridine rings is 1. The highest BCUT2D eigenvalue weighted by Crippen LogP contribution is 2.26. The SMILES string of the molecule is Nc1ccc(Cl)c(OCCc2ccccn2)c1. The van der Waals surface area contributed by atoms with Gasteiger partial charge in [0.1, 0.15) is 5.75 Å². The molecule has 1 heterocycles. The maximum atomic E-state index is 5.98. The number of halogens is 1. The summed E-state index contributed by atoms with van der Waals surface area (Å²) < 4.78 is 5.57. The molecule has 17 heavy (non-hydrogen) atoms. The molecule has 88 valence electrons. The van der Waals surface area contributed by atoms with Gasteiger partial charge < -0.3 is 10.5 Å². The van der Waals surface area contributed by atoms with Gasteiger partial charge in [-0.25, -0.2) is 0 Å². The van der Waals surface area contributed by atoms with E-state index in [0.29, 0.717) is 23.1 Å². The fourth-order valence-corrected chi connectivity index (χ4v) is 1.61. The first-order valence-corrected chi connectivity index (χ1v) is 5.71. The molecule has 1 aromatic carbocycles. The summed E-state index contributed by atoms with van der Waals surface area (Å²) >= 11 is 5.98. The molecule has 0 spiro atoms. The Morgan fingerprint density at radius 1 is 1.24 bits per heavy atom. The number of nitrogens with two attached hydrogens (primary N) is 1. The lowest BCUT2D eigenvalue weighted by Crippen LogP contribution is -2.03. The molecule has 4 heteroatoms. The molecule has 3 nitrogen and oxygen atoms in total. The number of aromatic nitrogens is 1. The molecule has 0 aliphatic rings. The van der Waals surface area contributed by atoms with Gasteiger partial charge in [0.05, 0.1) is 11.6 Å². The zero-order valence-corrected chi connectivity index (χ0v) is 10.0. The molecule has 2 aromatic rings. The van der Waals surface area contributed by atoms with Crippen molar-refractivity contribution in [3.63, 3.8) is 0 Å². The van der Waals surface area contributed by atoms with Gasteiger partial charge in [0.15, 0.2) is 0 Å². The molecule has 2 N–H and O–H groups in total. The van der Waals surface area contributed by atoms with Gasteiger partial charge in [-0.05, 0) is 24.3 Å². The van der Waals surface area contributed by atoms with E-state index >= 15 is 0 Å². The van der Waals surface area contributed by atoms with Crippen LogP contribution in [0.2, 0.25) is 5.02 Å². The first kappa shape index (κ1) is 11.7. The smallest absolute Gasteiger partial charge is 0.139 e. The van der Waals surface area contributed by atoms with Gasteiger partial charge in [0.2, 0.25) is 0 Å². The van der Waals surface area contributed by atoms with Crippen LogP contribution in [0.15, 0.2) is 42.6 Å². The van der Waals surface area contributed by atoms with Crippen molar-refractivity contribution in [1.82, 2.24) is 4.98 Å². The lowest BCUT2D eigenvalue weighted by atomic mass is 10.3. The van der Waals surface area contributed by atoms with Crippen LogP contribution >= 0.6 is 11.6 Å². The second-order valence-electron chi connectivity index (χ2n) is 3.61. The average Bonchev–Trinajstić information content (AvgIpc) is 2.35. The van der Waals surface area contributed by atoms with E-state index in [0.717, 1.165) is 12.1 Å². The second-order valence-corrected chi connectivity index (χ2v) is 4.02. The summed E-state index contributed by atoms with van der Waals surface area (Å²) in [6.45, 7) is 0.528. The summed E-state index contributed by atoms with van der Waals surface area (Å²) in [4.78, 5) is 4.21. The minimum Gasteiger partial charge on any atom is -0.492 e. The third-order valence-electron chi connectivity index (χ3n) is 2.30. The van der Waals surface area contributed by atoms with Gasteiger partial charge in [-0.2, -0.15) is 0 Å². The van der Waals surface area contributed by atoms with Gasteiger partial charge in [0, 0.05) is 30.1 Å². The van der Waals surface area contributed by atoms with Crippen molar-refractivity contribution in [1.29, 1.82) is 0 Å². The van der Waals surface area contributed by atoms with E-state index in [2.05, 4.69) is 4.98 Å². The molecule has 0 saturated heterocycles. The zero-order chi connectivity index (χ0) is 12.1. The molecule has 2 rings (SSSR count). The van der Waals surface area contributed by atoms with E-state index < -0.39 is 0 Å². The van der Waals surface area contributed by atoms with Crippen LogP contribution < -0.4 is 10.5 Å². The first-order chi connectivity index (χ1) is 8.25. The zero-order valence-electron chi connectivity index (χ0n) is 9.27. The van der Waals surface area contributed by atoms with Gasteiger partial charge in [-0.1, -0.05) is 17.7 Å². The third kappa shape index (κ3) is 3.36. The minimum absolute atomic E-state index is 0.528. The molecular formula is C13H13ClN2O. The normalized spacial score (nSPS) is 10.2. The quantitative estimate of drug-likeness (QED) is 0.847. The van der Waals surface area contributed by atoms with E-state index in [9.17, 15) is 0 Å². The topological polar surface area (TPSA) is 48.1 Å². The van der Waals surface area contributed by atoms with Crippen molar-refractivity contribution in [2.24, 2.45) is 0 Å². The van der Waals surface area contributed by atoms with Crippen LogP contribution in [0.25, 0.3) is 0 Å². The molecule has 0 unspecified atom stereocenters. The van der Waals surface area contributed by atoms with Crippen LogP contribution in [0, 0.1) is 0 Å². The number of benzene rings is 1. The summed E-state index contributed by atoms with van der Waals surface area (Å²) in [6, 6.07) is 11.0. The monoisotopic (exact) mass is 248 g/mol. The van der Waals surface area contributed by atoms with Crippen molar-refractivity contribution in [3.05, 3.63) is 53.3 Å². The number of anilines is 1. The summed E-state index contributed by atoms with van der Waals surface area (Å²) in [6.07, 6.45) is 2.51. The minimum atomic E-state index is 0.528. The standard InChI is InChI=1S/C13H13ClN2O/c14-12-5-4-10(15)9-13(12)17-8-6-11-3-1-2-7-16-11/h1-5,7,9H,6,8,15H2. The summed E-state index contributed by atoms with van der Waals surface area (Å²) in [5.41, 5.74) is 7.29. The fourth-order valence-electron chi connectivity index (χ4n) is 1.44. The molecular weight excluding hydrogens is 236 g/mol. The molecule has 0 saturated carbocycles. The Morgan fingerprint density at radius 2 is 2.12 bits per heavy atom. The summed E-state index contributed by atoms with van der Waals surface area (Å²) in [7, 11) is 0. The molecule has 0 aliphatic heterocycles. The third-order valence-corrected chi connectivity index (χ3v) is 2.61. The molecule has 0 bridgehead atoms. The average molecular weight is 249 g/mol. The summed E-state index contributed by atoms with van der Waals surface area (Å²) in [5, 5.41) is 0.570. The number of nitrogen functional groups attached to an aromatic ring is 1. The van der Waals surface area contributed by atoms with Gasteiger partial charge in [0.25, 0.3) is 0 Å². The fraction of sp³-hybridized carbons (Fsp3) is 0.154. The van der Waals surface area contributed by atoms with E-state index in [1.807, 2.05) is 18.2 Å². The van der Waals surface area contributed by atoms with Crippen LogP contribution in [0.5, 0.6) is 5.75 Å². The first-order valence-electron chi connectivity index (χ1n) is 5.33. The van der Waals surface area contributed by atoms with Crippen LogP contribution in [0.3, 0.4) is 0 Å².